The maximum Gasteiger partial charge on any atom is 0.135 e. The molecule has 0 N–H and O–H groups in total. The molecule has 2 rings (SSSR count). The van der Waals surface area contributed by atoms with Crippen molar-refractivity contribution in [3.8, 4) is 5.75 Å². The molecule has 0 spiro atoms. The van der Waals surface area contributed by atoms with Gasteiger partial charge < -0.3 is 9.30 Å². The summed E-state index contributed by atoms with van der Waals surface area (Å²) in [5.74, 6) is 1.03. The summed E-state index contributed by atoms with van der Waals surface area (Å²) in [4.78, 5) is 11.3. The smallest absolute Gasteiger partial charge is 0.135 e. The molecule has 1 heterocycles. The fraction of sp³-hybridized carbons (Fsp3) is 0.400. The van der Waals surface area contributed by atoms with Gasteiger partial charge in [0.25, 0.3) is 0 Å². The molecule has 0 saturated heterocycles. The zero-order valence-electron chi connectivity index (χ0n) is 11.4. The van der Waals surface area contributed by atoms with Crippen LogP contribution in [0, 0.1) is 0 Å². The van der Waals surface area contributed by atoms with Gasteiger partial charge in [-0.25, -0.2) is 0 Å². The highest BCUT2D eigenvalue weighted by Crippen LogP contribution is 2.28. The molecular weight excluding hydrogens is 226 g/mol. The van der Waals surface area contributed by atoms with Crippen LogP contribution in [0.15, 0.2) is 24.3 Å². The van der Waals surface area contributed by atoms with E-state index in [0.29, 0.717) is 12.5 Å². The third-order valence-corrected chi connectivity index (χ3v) is 3.08. The molecule has 0 aliphatic carbocycles. The molecule has 1 aromatic carbocycles. The zero-order valence-corrected chi connectivity index (χ0v) is 11.4. The first-order valence-corrected chi connectivity index (χ1v) is 6.20. The van der Waals surface area contributed by atoms with E-state index < -0.39 is 0 Å². The first kappa shape index (κ1) is 12.7. The van der Waals surface area contributed by atoms with Gasteiger partial charge in [0.1, 0.15) is 11.5 Å². The van der Waals surface area contributed by atoms with Crippen LogP contribution in [0.4, 0.5) is 0 Å². The van der Waals surface area contributed by atoms with Crippen molar-refractivity contribution in [3.05, 3.63) is 30.0 Å². The van der Waals surface area contributed by atoms with Crippen LogP contribution in [0.5, 0.6) is 5.75 Å². The van der Waals surface area contributed by atoms with E-state index in [0.717, 1.165) is 22.3 Å². The summed E-state index contributed by atoms with van der Waals surface area (Å²) in [5, 5.41) is 1.15. The second-order valence-corrected chi connectivity index (χ2v) is 4.90. The highest BCUT2D eigenvalue weighted by molar-refractivity contribution is 5.85. The van der Waals surface area contributed by atoms with Crippen LogP contribution in [0.25, 0.3) is 10.9 Å². The highest BCUT2D eigenvalue weighted by Gasteiger charge is 2.13. The molecule has 0 aliphatic rings. The van der Waals surface area contributed by atoms with Crippen LogP contribution >= 0.6 is 0 Å². The number of Topliss-reactive ketones (excluding diaryl/α,β-unsaturated/α-hetero) is 1. The van der Waals surface area contributed by atoms with Gasteiger partial charge in [-0.1, -0.05) is 0 Å². The van der Waals surface area contributed by atoms with Gasteiger partial charge in [0.15, 0.2) is 0 Å². The van der Waals surface area contributed by atoms with E-state index in [1.807, 2.05) is 18.2 Å². The van der Waals surface area contributed by atoms with Gasteiger partial charge in [-0.2, -0.15) is 0 Å². The molecule has 96 valence electrons. The SMILES string of the molecule is COc1ccc2cc(CC(C)=O)n(C(C)C)c2c1. The van der Waals surface area contributed by atoms with Crippen LogP contribution in [-0.4, -0.2) is 17.5 Å². The number of rotatable bonds is 4. The minimum atomic E-state index is 0.187. The largest absolute Gasteiger partial charge is 0.497 e. The zero-order chi connectivity index (χ0) is 13.3. The van der Waals surface area contributed by atoms with Gasteiger partial charge in [0, 0.05) is 29.6 Å². The summed E-state index contributed by atoms with van der Waals surface area (Å²) in [5.41, 5.74) is 2.20. The number of carbonyl (C=O) groups excluding carboxylic acids is 1. The lowest BCUT2D eigenvalue weighted by atomic mass is 10.2. The minimum absolute atomic E-state index is 0.187. The fourth-order valence-electron chi connectivity index (χ4n) is 2.39. The molecule has 3 heteroatoms. The second kappa shape index (κ2) is 4.84. The number of aromatic nitrogens is 1. The second-order valence-electron chi connectivity index (χ2n) is 4.90. The Morgan fingerprint density at radius 2 is 2.06 bits per heavy atom. The average molecular weight is 245 g/mol. The Balaban J connectivity index is 2.64. The molecule has 0 amide bonds. The predicted molar refractivity (Wildman–Crippen MR) is 73.3 cm³/mol. The maximum atomic E-state index is 11.3. The summed E-state index contributed by atoms with van der Waals surface area (Å²) in [6.07, 6.45) is 0.481. The normalized spacial score (nSPS) is 11.2. The van der Waals surface area contributed by atoms with Gasteiger partial charge in [0.05, 0.1) is 12.6 Å². The molecule has 0 unspecified atom stereocenters. The Hall–Kier alpha value is -1.77. The molecule has 1 aromatic heterocycles. The number of ether oxygens (including phenoxy) is 1. The molecule has 0 radical (unpaired) electrons. The topological polar surface area (TPSA) is 31.2 Å². The number of fused-ring (bicyclic) bond motifs is 1. The van der Waals surface area contributed by atoms with Crippen molar-refractivity contribution in [2.75, 3.05) is 7.11 Å². The predicted octanol–water partition coefficient (Wildman–Crippen LogP) is 3.36. The van der Waals surface area contributed by atoms with Gasteiger partial charge in [-0.05, 0) is 39.0 Å². The first-order chi connectivity index (χ1) is 8.52. The number of hydrogen-bond donors (Lipinski definition) is 0. The Morgan fingerprint density at radius 3 is 2.61 bits per heavy atom. The number of benzene rings is 1. The Labute approximate surface area is 107 Å². The van der Waals surface area contributed by atoms with Crippen molar-refractivity contribution in [1.82, 2.24) is 4.57 Å². The first-order valence-electron chi connectivity index (χ1n) is 6.20. The van der Waals surface area contributed by atoms with Crippen LogP contribution in [0.2, 0.25) is 0 Å². The molecule has 3 nitrogen and oxygen atoms in total. The number of ketones is 1. The summed E-state index contributed by atoms with van der Waals surface area (Å²) >= 11 is 0. The van der Waals surface area contributed by atoms with Gasteiger partial charge in [-0.15, -0.1) is 0 Å². The van der Waals surface area contributed by atoms with Gasteiger partial charge in [0.2, 0.25) is 0 Å². The Kier molecular flexibility index (Phi) is 3.41. The summed E-state index contributed by atoms with van der Waals surface area (Å²) in [6, 6.07) is 8.43. The van der Waals surface area contributed by atoms with Crippen molar-refractivity contribution in [3.63, 3.8) is 0 Å². The maximum absolute atomic E-state index is 11.3. The highest BCUT2D eigenvalue weighted by atomic mass is 16.5. The van der Waals surface area contributed by atoms with Crippen LogP contribution in [-0.2, 0) is 11.2 Å². The van der Waals surface area contributed by atoms with Crippen molar-refractivity contribution < 1.29 is 9.53 Å². The monoisotopic (exact) mass is 245 g/mol. The van der Waals surface area contributed by atoms with E-state index in [2.05, 4.69) is 24.5 Å². The van der Waals surface area contributed by atoms with Crippen molar-refractivity contribution in [2.45, 2.75) is 33.2 Å². The van der Waals surface area contributed by atoms with E-state index in [9.17, 15) is 4.79 Å². The van der Waals surface area contributed by atoms with E-state index in [-0.39, 0.29) is 5.78 Å². The number of hydrogen-bond acceptors (Lipinski definition) is 2. The molecule has 0 bridgehead atoms. The van der Waals surface area contributed by atoms with E-state index in [1.165, 1.54) is 0 Å². The number of methoxy groups -OCH3 is 1. The third-order valence-electron chi connectivity index (χ3n) is 3.08. The van der Waals surface area contributed by atoms with Crippen LogP contribution < -0.4 is 4.74 Å². The summed E-state index contributed by atoms with van der Waals surface area (Å²) in [6.45, 7) is 5.88. The molecule has 0 aliphatic heterocycles. The Bertz CT molecular complexity index is 581. The lowest BCUT2D eigenvalue weighted by molar-refractivity contribution is -0.116. The Morgan fingerprint density at radius 1 is 1.33 bits per heavy atom. The lowest BCUT2D eigenvalue weighted by Gasteiger charge is -2.14. The van der Waals surface area contributed by atoms with Crippen molar-refractivity contribution >= 4 is 16.7 Å². The van der Waals surface area contributed by atoms with E-state index in [1.54, 1.807) is 14.0 Å². The molecule has 0 saturated carbocycles. The van der Waals surface area contributed by atoms with Crippen molar-refractivity contribution in [1.29, 1.82) is 0 Å². The third kappa shape index (κ3) is 2.26. The number of carbonyl (C=O) groups is 1. The molecular formula is C15H19NO2. The lowest BCUT2D eigenvalue weighted by Crippen LogP contribution is -2.08. The quantitative estimate of drug-likeness (QED) is 0.827. The van der Waals surface area contributed by atoms with Crippen molar-refractivity contribution in [2.24, 2.45) is 0 Å². The van der Waals surface area contributed by atoms with Gasteiger partial charge >= 0.3 is 0 Å². The molecule has 18 heavy (non-hydrogen) atoms. The van der Waals surface area contributed by atoms with Gasteiger partial charge in [-0.3, -0.25) is 4.79 Å². The molecule has 0 atom stereocenters. The minimum Gasteiger partial charge on any atom is -0.497 e. The average Bonchev–Trinajstić information content (AvgIpc) is 2.64. The van der Waals surface area contributed by atoms with Crippen LogP contribution in [0.3, 0.4) is 0 Å². The van der Waals surface area contributed by atoms with E-state index >= 15 is 0 Å². The van der Waals surface area contributed by atoms with Crippen LogP contribution in [0.1, 0.15) is 32.5 Å². The van der Waals surface area contributed by atoms with E-state index in [4.69, 9.17) is 4.74 Å². The molecule has 0 fully saturated rings. The molecule has 2 aromatic rings. The summed E-state index contributed by atoms with van der Waals surface area (Å²) < 4.78 is 7.47. The standard InChI is InChI=1S/C15H19NO2/c1-10(2)16-13(7-11(3)17)8-12-5-6-14(18-4)9-15(12)16/h5-6,8-10H,7H2,1-4H3. The summed E-state index contributed by atoms with van der Waals surface area (Å²) in [7, 11) is 1.67. The number of nitrogens with zero attached hydrogens (tertiary/aromatic N) is 1. The fourth-order valence-corrected chi connectivity index (χ4v) is 2.39.